The largest absolute Gasteiger partial charge is 0.453 e. The fraction of sp³-hybridized carbons (Fsp3) is 0.318. The molecule has 5 rings (SSSR count). The van der Waals surface area contributed by atoms with Crippen molar-refractivity contribution in [2.75, 3.05) is 20.1 Å². The number of carbonyl (C=O) groups is 1. The highest BCUT2D eigenvalue weighted by molar-refractivity contribution is 5.88. The van der Waals surface area contributed by atoms with Crippen molar-refractivity contribution < 1.29 is 13.9 Å². The van der Waals surface area contributed by atoms with Crippen LogP contribution in [-0.4, -0.2) is 63.9 Å². The second kappa shape index (κ2) is 7.34. The highest BCUT2D eigenvalue weighted by Crippen LogP contribution is 2.34. The number of nitrogens with zero attached hydrogens (tertiary/aromatic N) is 4. The Bertz CT molecular complexity index is 1220. The van der Waals surface area contributed by atoms with Crippen LogP contribution in [0.25, 0.3) is 11.0 Å². The number of hydrogen-bond donors (Lipinski definition) is 2. The van der Waals surface area contributed by atoms with Crippen LogP contribution in [0.1, 0.15) is 11.1 Å². The summed E-state index contributed by atoms with van der Waals surface area (Å²) in [6.45, 7) is 1.58. The summed E-state index contributed by atoms with van der Waals surface area (Å²) in [7, 11) is 2.05. The van der Waals surface area contributed by atoms with E-state index < -0.39 is 11.9 Å². The van der Waals surface area contributed by atoms with Crippen molar-refractivity contribution in [3.63, 3.8) is 0 Å². The first kappa shape index (κ1) is 19.5. The molecule has 8 nitrogen and oxygen atoms in total. The summed E-state index contributed by atoms with van der Waals surface area (Å²) < 4.78 is 20.5. The summed E-state index contributed by atoms with van der Waals surface area (Å²) in [6.07, 6.45) is 3.30. The number of amides is 1. The van der Waals surface area contributed by atoms with Crippen LogP contribution >= 0.6 is 0 Å². The number of aromatic amines is 1. The van der Waals surface area contributed by atoms with Crippen molar-refractivity contribution in [2.45, 2.75) is 24.5 Å². The standard InChI is InChI=1S/C22H21FN6O2/c1-28-10-17-16(28)11-29(17)22(30)15(25)7-12-2-3-18(14(23)6-12)31-19-4-5-26-21-20(19)13(8-24)9-27-21/h2-6,9,15-17H,7,10-11,25H2,1H3,(H,26,27)/t15?,16-,17?/m1/s1. The predicted molar refractivity (Wildman–Crippen MR) is 111 cm³/mol. The maximum atomic E-state index is 14.7. The number of aromatic nitrogens is 2. The Hall–Kier alpha value is -3.48. The fourth-order valence-corrected chi connectivity index (χ4v) is 4.35. The van der Waals surface area contributed by atoms with Crippen LogP contribution in [-0.2, 0) is 11.2 Å². The van der Waals surface area contributed by atoms with E-state index in [0.717, 1.165) is 6.54 Å². The van der Waals surface area contributed by atoms with Crippen molar-refractivity contribution in [1.29, 1.82) is 5.26 Å². The number of piperazine rings is 1. The van der Waals surface area contributed by atoms with Crippen molar-refractivity contribution in [2.24, 2.45) is 5.73 Å². The fourth-order valence-electron chi connectivity index (χ4n) is 4.35. The SMILES string of the molecule is CN1CC2[C@H]1CN2C(=O)C(N)Cc1ccc(Oc2ccnc3[nH]cc(C#N)c23)c(F)c1. The van der Waals surface area contributed by atoms with Gasteiger partial charge in [0.1, 0.15) is 17.5 Å². The molecule has 3 N–H and O–H groups in total. The number of ether oxygens (including phenoxy) is 1. The summed E-state index contributed by atoms with van der Waals surface area (Å²) in [5.74, 6) is -0.310. The second-order valence-electron chi connectivity index (χ2n) is 8.09. The summed E-state index contributed by atoms with van der Waals surface area (Å²) in [6, 6.07) is 8.18. The van der Waals surface area contributed by atoms with Gasteiger partial charge in [-0.3, -0.25) is 9.69 Å². The molecule has 1 amide bonds. The average molecular weight is 420 g/mol. The first-order valence-electron chi connectivity index (χ1n) is 10.0. The number of carbonyl (C=O) groups excluding carboxylic acids is 1. The van der Waals surface area contributed by atoms with Gasteiger partial charge in [0, 0.05) is 31.5 Å². The van der Waals surface area contributed by atoms with Crippen molar-refractivity contribution >= 4 is 16.9 Å². The van der Waals surface area contributed by atoms with E-state index in [9.17, 15) is 14.4 Å². The Balaban J connectivity index is 1.29. The molecule has 3 atom stereocenters. The minimum Gasteiger partial charge on any atom is -0.453 e. The van der Waals surface area contributed by atoms with Gasteiger partial charge < -0.3 is 20.4 Å². The highest BCUT2D eigenvalue weighted by atomic mass is 19.1. The molecule has 3 aromatic rings. The van der Waals surface area contributed by atoms with Gasteiger partial charge in [0.05, 0.1) is 23.0 Å². The van der Waals surface area contributed by atoms with Crippen LogP contribution in [0.2, 0.25) is 0 Å². The molecule has 4 heterocycles. The summed E-state index contributed by atoms with van der Waals surface area (Å²) in [5, 5.41) is 9.77. The third-order valence-corrected chi connectivity index (χ3v) is 6.20. The Labute approximate surface area is 178 Å². The molecule has 2 unspecified atom stereocenters. The zero-order chi connectivity index (χ0) is 21.7. The van der Waals surface area contributed by atoms with Gasteiger partial charge in [-0.25, -0.2) is 9.37 Å². The molecule has 0 spiro atoms. The van der Waals surface area contributed by atoms with Gasteiger partial charge in [-0.1, -0.05) is 6.07 Å². The first-order chi connectivity index (χ1) is 15.0. The summed E-state index contributed by atoms with van der Waals surface area (Å²) in [4.78, 5) is 23.7. The van der Waals surface area contributed by atoms with Crippen LogP contribution in [0.3, 0.4) is 0 Å². The van der Waals surface area contributed by atoms with Gasteiger partial charge in [-0.15, -0.1) is 0 Å². The zero-order valence-electron chi connectivity index (χ0n) is 16.9. The van der Waals surface area contributed by atoms with E-state index in [2.05, 4.69) is 20.9 Å². The molecule has 158 valence electrons. The normalized spacial score (nSPS) is 21.0. The summed E-state index contributed by atoms with van der Waals surface area (Å²) in [5.41, 5.74) is 7.59. The van der Waals surface area contributed by atoms with Crippen LogP contribution in [0.15, 0.2) is 36.7 Å². The lowest BCUT2D eigenvalue weighted by Gasteiger charge is -2.61. The number of likely N-dealkylation sites (tertiary alicyclic amines) is 2. The quantitative estimate of drug-likeness (QED) is 0.651. The maximum absolute atomic E-state index is 14.7. The lowest BCUT2D eigenvalue weighted by atomic mass is 9.85. The molecule has 9 heteroatoms. The number of pyridine rings is 1. The number of nitrogens with one attached hydrogen (secondary N) is 1. The molecule has 0 bridgehead atoms. The number of H-pyrrole nitrogens is 1. The van der Waals surface area contributed by atoms with Crippen LogP contribution in [0.5, 0.6) is 11.5 Å². The molecule has 2 saturated heterocycles. The molecule has 2 aromatic heterocycles. The Kier molecular flexibility index (Phi) is 4.61. The van der Waals surface area contributed by atoms with Gasteiger partial charge >= 0.3 is 0 Å². The number of likely N-dealkylation sites (N-methyl/N-ethyl adjacent to an activating group) is 1. The van der Waals surface area contributed by atoms with Gasteiger partial charge in [0.25, 0.3) is 0 Å². The third kappa shape index (κ3) is 3.21. The van der Waals surface area contributed by atoms with E-state index in [1.54, 1.807) is 12.1 Å². The molecule has 0 aliphatic carbocycles. The van der Waals surface area contributed by atoms with Gasteiger partial charge in [0.15, 0.2) is 11.6 Å². The molecular weight excluding hydrogens is 399 g/mol. The van der Waals surface area contributed by atoms with E-state index in [0.29, 0.717) is 40.5 Å². The molecule has 1 aromatic carbocycles. The van der Waals surface area contributed by atoms with Crippen LogP contribution in [0.4, 0.5) is 4.39 Å². The van der Waals surface area contributed by atoms with E-state index in [4.69, 9.17) is 10.5 Å². The van der Waals surface area contributed by atoms with Gasteiger partial charge in [0.2, 0.25) is 5.91 Å². The molecule has 2 fully saturated rings. The molecular formula is C22H21FN6O2. The van der Waals surface area contributed by atoms with Gasteiger partial charge in [-0.2, -0.15) is 5.26 Å². The summed E-state index contributed by atoms with van der Waals surface area (Å²) >= 11 is 0. The lowest BCUT2D eigenvalue weighted by molar-refractivity contribution is -0.163. The number of nitrogens with two attached hydrogens (primary N) is 1. The number of rotatable bonds is 5. The Morgan fingerprint density at radius 3 is 2.90 bits per heavy atom. The zero-order valence-corrected chi connectivity index (χ0v) is 16.9. The van der Waals surface area contributed by atoms with Crippen LogP contribution in [0, 0.1) is 17.1 Å². The monoisotopic (exact) mass is 420 g/mol. The minimum atomic E-state index is -0.712. The topological polar surface area (TPSA) is 111 Å². The van der Waals surface area contributed by atoms with E-state index >= 15 is 0 Å². The minimum absolute atomic E-state index is 0.0179. The smallest absolute Gasteiger partial charge is 0.240 e. The number of hydrogen-bond acceptors (Lipinski definition) is 6. The van der Waals surface area contributed by atoms with E-state index in [-0.39, 0.29) is 24.1 Å². The molecule has 2 aliphatic heterocycles. The van der Waals surface area contributed by atoms with E-state index in [1.807, 2.05) is 11.9 Å². The number of benzene rings is 1. The van der Waals surface area contributed by atoms with Crippen molar-refractivity contribution in [3.05, 3.63) is 53.6 Å². The Morgan fingerprint density at radius 1 is 1.39 bits per heavy atom. The predicted octanol–water partition coefficient (Wildman–Crippen LogP) is 1.76. The molecule has 0 saturated carbocycles. The molecule has 31 heavy (non-hydrogen) atoms. The van der Waals surface area contributed by atoms with E-state index in [1.165, 1.54) is 24.5 Å². The maximum Gasteiger partial charge on any atom is 0.240 e. The number of fused-ring (bicyclic) bond motifs is 2. The number of nitriles is 1. The van der Waals surface area contributed by atoms with Crippen LogP contribution < -0.4 is 10.5 Å². The molecule has 2 aliphatic rings. The van der Waals surface area contributed by atoms with Gasteiger partial charge in [-0.05, 0) is 37.2 Å². The Morgan fingerprint density at radius 2 is 2.23 bits per heavy atom. The third-order valence-electron chi connectivity index (χ3n) is 6.20. The highest BCUT2D eigenvalue weighted by Gasteiger charge is 2.52. The second-order valence-corrected chi connectivity index (χ2v) is 8.09. The molecule has 0 radical (unpaired) electrons. The number of halogens is 1. The first-order valence-corrected chi connectivity index (χ1v) is 10.0. The lowest BCUT2D eigenvalue weighted by Crippen LogP contribution is -2.79. The van der Waals surface area contributed by atoms with Crippen molar-refractivity contribution in [3.8, 4) is 17.6 Å². The average Bonchev–Trinajstić information content (AvgIpc) is 3.17. The van der Waals surface area contributed by atoms with Crippen molar-refractivity contribution in [1.82, 2.24) is 19.8 Å².